The van der Waals surface area contributed by atoms with Crippen LogP contribution in [0.15, 0.2) is 30.3 Å². The number of nitrogens with one attached hydrogen (secondary N) is 1. The number of nitrogens with zero attached hydrogens (tertiary/aromatic N) is 1. The number of amides is 1. The van der Waals surface area contributed by atoms with Gasteiger partial charge in [-0.3, -0.25) is 4.79 Å². The van der Waals surface area contributed by atoms with E-state index < -0.39 is 0 Å². The smallest absolute Gasteiger partial charge is 0.241 e. The molecule has 1 aromatic rings. The van der Waals surface area contributed by atoms with E-state index in [1.165, 1.54) is 6.42 Å². The molecule has 1 amide bonds. The molecule has 1 N–H and O–H groups in total. The van der Waals surface area contributed by atoms with Crippen LogP contribution in [0.25, 0.3) is 0 Å². The zero-order valence-corrected chi connectivity index (χ0v) is 11.6. The summed E-state index contributed by atoms with van der Waals surface area (Å²) in [5, 5.41) is 3.16. The lowest BCUT2D eigenvalue weighted by Gasteiger charge is -2.17. The lowest BCUT2D eigenvalue weighted by atomic mass is 10.1. The second kappa shape index (κ2) is 7.27. The molecule has 100 valence electrons. The second-order valence-electron chi connectivity index (χ2n) is 4.62. The first-order chi connectivity index (χ1) is 8.29. The van der Waals surface area contributed by atoms with E-state index in [9.17, 15) is 4.79 Å². The summed E-state index contributed by atoms with van der Waals surface area (Å²) in [6.07, 6.45) is 2.34. The first-order valence-corrected chi connectivity index (χ1v) is 6.36. The van der Waals surface area contributed by atoms with Crippen LogP contribution in [0, 0.1) is 5.92 Å². The van der Waals surface area contributed by atoms with Gasteiger partial charge in [0.25, 0.3) is 0 Å². The van der Waals surface area contributed by atoms with Crippen molar-refractivity contribution in [3.05, 3.63) is 30.3 Å². The lowest BCUT2D eigenvalue weighted by Crippen LogP contribution is -2.33. The van der Waals surface area contributed by atoms with Gasteiger partial charge < -0.3 is 10.2 Å². The molecule has 3 nitrogen and oxygen atoms in total. The quantitative estimate of drug-likeness (QED) is 0.911. The van der Waals surface area contributed by atoms with E-state index in [0.29, 0.717) is 12.5 Å². The molecule has 0 aliphatic carbocycles. The van der Waals surface area contributed by atoms with Crippen molar-refractivity contribution in [2.45, 2.75) is 19.8 Å². The topological polar surface area (TPSA) is 32.3 Å². The van der Waals surface area contributed by atoms with Gasteiger partial charge in [0.1, 0.15) is 0 Å². The van der Waals surface area contributed by atoms with Gasteiger partial charge in [-0.05, 0) is 24.5 Å². The van der Waals surface area contributed by atoms with Crippen LogP contribution in [-0.4, -0.2) is 30.4 Å². The van der Waals surface area contributed by atoms with Crippen LogP contribution in [-0.2, 0) is 4.79 Å². The minimum absolute atomic E-state index is 0. The predicted molar refractivity (Wildman–Crippen MR) is 77.2 cm³/mol. The third-order valence-electron chi connectivity index (χ3n) is 3.43. The minimum Gasteiger partial charge on any atom is -0.376 e. The van der Waals surface area contributed by atoms with E-state index in [-0.39, 0.29) is 18.3 Å². The molecule has 4 heteroatoms. The van der Waals surface area contributed by atoms with Crippen molar-refractivity contribution in [3.63, 3.8) is 0 Å². The zero-order chi connectivity index (χ0) is 12.1. The third-order valence-corrected chi connectivity index (χ3v) is 3.43. The molecular formula is C14H21ClN2O. The minimum atomic E-state index is 0. The van der Waals surface area contributed by atoms with E-state index >= 15 is 0 Å². The van der Waals surface area contributed by atoms with Gasteiger partial charge >= 0.3 is 0 Å². The number of benzene rings is 1. The highest BCUT2D eigenvalue weighted by atomic mass is 35.5. The molecule has 1 atom stereocenters. The van der Waals surface area contributed by atoms with Gasteiger partial charge in [-0.1, -0.05) is 31.5 Å². The van der Waals surface area contributed by atoms with E-state index in [1.807, 2.05) is 35.2 Å². The standard InChI is InChI=1S/C14H20N2O.ClH/c1-2-12-8-9-16(11-12)14(17)10-15-13-6-4-3-5-7-13;/h3-7,12,15H,2,8-11H2,1H3;1H. The number of carbonyl (C=O) groups excluding carboxylic acids is 1. The average molecular weight is 269 g/mol. The summed E-state index contributed by atoms with van der Waals surface area (Å²) < 4.78 is 0. The molecule has 0 saturated carbocycles. The van der Waals surface area contributed by atoms with Crippen LogP contribution < -0.4 is 5.32 Å². The Bertz CT molecular complexity index is 369. The SMILES string of the molecule is CCC1CCN(C(=O)CNc2ccccc2)C1.Cl. The molecule has 1 aliphatic rings. The van der Waals surface area contributed by atoms with Crippen molar-refractivity contribution in [2.75, 3.05) is 25.0 Å². The summed E-state index contributed by atoms with van der Waals surface area (Å²) >= 11 is 0. The van der Waals surface area contributed by atoms with Gasteiger partial charge in [-0.25, -0.2) is 0 Å². The number of anilines is 1. The van der Waals surface area contributed by atoms with Crippen molar-refractivity contribution in [2.24, 2.45) is 5.92 Å². The first-order valence-electron chi connectivity index (χ1n) is 6.36. The van der Waals surface area contributed by atoms with Gasteiger partial charge in [0.2, 0.25) is 5.91 Å². The van der Waals surface area contributed by atoms with Crippen LogP contribution in [0.4, 0.5) is 5.69 Å². The summed E-state index contributed by atoms with van der Waals surface area (Å²) in [4.78, 5) is 13.9. The molecule has 2 rings (SSSR count). The van der Waals surface area contributed by atoms with E-state index in [2.05, 4.69) is 12.2 Å². The normalized spacial score (nSPS) is 18.3. The summed E-state index contributed by atoms with van der Waals surface area (Å²) in [5.41, 5.74) is 1.01. The number of carbonyl (C=O) groups is 1. The molecule has 18 heavy (non-hydrogen) atoms. The van der Waals surface area contributed by atoms with Crippen molar-refractivity contribution < 1.29 is 4.79 Å². The molecule has 0 radical (unpaired) electrons. The maximum absolute atomic E-state index is 11.9. The fourth-order valence-corrected chi connectivity index (χ4v) is 2.24. The van der Waals surface area contributed by atoms with Gasteiger partial charge in [-0.2, -0.15) is 0 Å². The number of likely N-dealkylation sites (tertiary alicyclic amines) is 1. The van der Waals surface area contributed by atoms with Gasteiger partial charge in [0, 0.05) is 18.8 Å². The Morgan fingerprint density at radius 3 is 2.72 bits per heavy atom. The van der Waals surface area contributed by atoms with E-state index in [4.69, 9.17) is 0 Å². The molecule has 0 bridgehead atoms. The van der Waals surface area contributed by atoms with Crippen molar-refractivity contribution >= 4 is 24.0 Å². The van der Waals surface area contributed by atoms with Crippen molar-refractivity contribution in [1.29, 1.82) is 0 Å². The lowest BCUT2D eigenvalue weighted by molar-refractivity contribution is -0.128. The summed E-state index contributed by atoms with van der Waals surface area (Å²) in [5.74, 6) is 0.917. The maximum atomic E-state index is 11.9. The number of hydrogen-bond donors (Lipinski definition) is 1. The molecule has 1 unspecified atom stereocenters. The van der Waals surface area contributed by atoms with Crippen LogP contribution in [0.5, 0.6) is 0 Å². The number of halogens is 1. The molecular weight excluding hydrogens is 248 g/mol. The molecule has 1 saturated heterocycles. The van der Waals surface area contributed by atoms with E-state index in [1.54, 1.807) is 0 Å². The summed E-state index contributed by atoms with van der Waals surface area (Å²) in [6.45, 7) is 4.46. The predicted octanol–water partition coefficient (Wildman–Crippen LogP) is 2.78. The van der Waals surface area contributed by atoms with Crippen LogP contribution in [0.3, 0.4) is 0 Å². The summed E-state index contributed by atoms with van der Waals surface area (Å²) in [6, 6.07) is 9.86. The molecule has 0 aromatic heterocycles. The largest absolute Gasteiger partial charge is 0.376 e. The number of para-hydroxylation sites is 1. The Labute approximate surface area is 115 Å². The van der Waals surface area contributed by atoms with Crippen LogP contribution >= 0.6 is 12.4 Å². The molecule has 1 heterocycles. The second-order valence-corrected chi connectivity index (χ2v) is 4.62. The zero-order valence-electron chi connectivity index (χ0n) is 10.8. The van der Waals surface area contributed by atoms with E-state index in [0.717, 1.165) is 25.2 Å². The average Bonchev–Trinajstić information content (AvgIpc) is 2.86. The Balaban J connectivity index is 0.00000162. The summed E-state index contributed by atoms with van der Waals surface area (Å²) in [7, 11) is 0. The first kappa shape index (κ1) is 14.8. The van der Waals surface area contributed by atoms with Gasteiger partial charge in [0.15, 0.2) is 0 Å². The highest BCUT2D eigenvalue weighted by Gasteiger charge is 2.24. The molecule has 1 aliphatic heterocycles. The Morgan fingerprint density at radius 1 is 1.39 bits per heavy atom. The molecule has 1 aromatic carbocycles. The van der Waals surface area contributed by atoms with Gasteiger partial charge in [-0.15, -0.1) is 12.4 Å². The maximum Gasteiger partial charge on any atom is 0.241 e. The Morgan fingerprint density at radius 2 is 2.11 bits per heavy atom. The van der Waals surface area contributed by atoms with Gasteiger partial charge in [0.05, 0.1) is 6.54 Å². The molecule has 0 spiro atoms. The Hall–Kier alpha value is -1.22. The van der Waals surface area contributed by atoms with Crippen LogP contribution in [0.2, 0.25) is 0 Å². The fourth-order valence-electron chi connectivity index (χ4n) is 2.24. The number of rotatable bonds is 4. The van der Waals surface area contributed by atoms with Crippen molar-refractivity contribution in [3.8, 4) is 0 Å². The monoisotopic (exact) mass is 268 g/mol. The van der Waals surface area contributed by atoms with Crippen molar-refractivity contribution in [1.82, 2.24) is 4.90 Å². The Kier molecular flexibility index (Phi) is 5.99. The van der Waals surface area contributed by atoms with Crippen LogP contribution in [0.1, 0.15) is 19.8 Å². The highest BCUT2D eigenvalue weighted by Crippen LogP contribution is 2.19. The molecule has 1 fully saturated rings. The number of hydrogen-bond acceptors (Lipinski definition) is 2. The third kappa shape index (κ3) is 3.91. The fraction of sp³-hybridized carbons (Fsp3) is 0.500. The highest BCUT2D eigenvalue weighted by molar-refractivity contribution is 5.85.